The van der Waals surface area contributed by atoms with Gasteiger partial charge in [0, 0.05) is 19.3 Å². The van der Waals surface area contributed by atoms with E-state index in [1.165, 1.54) is 38.5 Å². The van der Waals surface area contributed by atoms with Gasteiger partial charge in [-0.3, -0.25) is 5.41 Å². The van der Waals surface area contributed by atoms with Gasteiger partial charge in [-0.25, -0.2) is 4.98 Å². The first kappa shape index (κ1) is 13.4. The Morgan fingerprint density at radius 3 is 2.50 bits per heavy atom. The van der Waals surface area contributed by atoms with Crippen LogP contribution in [0.5, 0.6) is 0 Å². The summed E-state index contributed by atoms with van der Waals surface area (Å²) >= 11 is 0. The molecule has 4 nitrogen and oxygen atoms in total. The number of aromatic nitrogens is 1. The van der Waals surface area contributed by atoms with Gasteiger partial charge in [-0.05, 0) is 49.7 Å². The quantitative estimate of drug-likeness (QED) is 0.642. The number of nitrogen functional groups attached to an aromatic ring is 1. The van der Waals surface area contributed by atoms with Crippen molar-refractivity contribution in [2.45, 2.75) is 45.4 Å². The molecule has 108 valence electrons. The van der Waals surface area contributed by atoms with Crippen molar-refractivity contribution in [2.75, 3.05) is 18.0 Å². The second-order valence-corrected chi connectivity index (χ2v) is 6.43. The number of piperidine rings is 1. The molecule has 1 aromatic rings. The highest BCUT2D eigenvalue weighted by Gasteiger charge is 2.37. The molecule has 0 atom stereocenters. The molecule has 2 fully saturated rings. The van der Waals surface area contributed by atoms with Crippen molar-refractivity contribution in [3.05, 3.63) is 23.4 Å². The van der Waals surface area contributed by atoms with E-state index < -0.39 is 0 Å². The number of hydrogen-bond acceptors (Lipinski definition) is 3. The highest BCUT2D eigenvalue weighted by atomic mass is 15.2. The number of pyridine rings is 1. The maximum Gasteiger partial charge on any atom is 0.139 e. The van der Waals surface area contributed by atoms with Gasteiger partial charge in [0.25, 0.3) is 0 Å². The number of rotatable bonds is 2. The van der Waals surface area contributed by atoms with Gasteiger partial charge in [0.05, 0.1) is 5.56 Å². The van der Waals surface area contributed by atoms with E-state index in [2.05, 4.69) is 9.88 Å². The summed E-state index contributed by atoms with van der Waals surface area (Å²) in [5.74, 6) is 1.04. The molecule has 0 bridgehead atoms. The van der Waals surface area contributed by atoms with E-state index in [4.69, 9.17) is 11.1 Å². The fourth-order valence-electron chi connectivity index (χ4n) is 3.93. The van der Waals surface area contributed by atoms with Gasteiger partial charge in [-0.1, -0.05) is 12.8 Å². The molecule has 2 heterocycles. The third-order valence-corrected chi connectivity index (χ3v) is 5.20. The molecular formula is C16H24N4. The maximum atomic E-state index is 7.81. The maximum absolute atomic E-state index is 7.81. The second-order valence-electron chi connectivity index (χ2n) is 6.43. The molecular weight excluding hydrogens is 248 g/mol. The van der Waals surface area contributed by atoms with Crippen LogP contribution in [-0.4, -0.2) is 23.9 Å². The van der Waals surface area contributed by atoms with Crippen LogP contribution in [-0.2, 0) is 0 Å². The van der Waals surface area contributed by atoms with Crippen molar-refractivity contribution in [1.29, 1.82) is 5.41 Å². The van der Waals surface area contributed by atoms with Gasteiger partial charge < -0.3 is 10.6 Å². The van der Waals surface area contributed by atoms with Crippen LogP contribution in [0.2, 0.25) is 0 Å². The van der Waals surface area contributed by atoms with Crippen molar-refractivity contribution in [1.82, 2.24) is 4.98 Å². The monoisotopic (exact) mass is 272 g/mol. The standard InChI is InChI=1S/C16H24N4/c1-12-4-9-19-15(13(12)14(17)18)20-10-7-16(8-11-20)5-2-3-6-16/h4,9H,2-3,5-8,10-11H2,1H3,(H3,17,18). The third-order valence-electron chi connectivity index (χ3n) is 5.20. The zero-order valence-electron chi connectivity index (χ0n) is 12.3. The molecule has 0 unspecified atom stereocenters. The molecule has 0 amide bonds. The number of nitrogens with one attached hydrogen (secondary N) is 1. The average Bonchev–Trinajstić information content (AvgIpc) is 2.87. The van der Waals surface area contributed by atoms with Crippen LogP contribution in [0, 0.1) is 17.7 Å². The number of nitrogens with two attached hydrogens (primary N) is 1. The lowest BCUT2D eigenvalue weighted by molar-refractivity contribution is 0.226. The number of amidine groups is 1. The zero-order valence-corrected chi connectivity index (χ0v) is 12.3. The Hall–Kier alpha value is -1.58. The lowest BCUT2D eigenvalue weighted by atomic mass is 9.77. The molecule has 1 spiro atoms. The fourth-order valence-corrected chi connectivity index (χ4v) is 3.93. The molecule has 3 N–H and O–H groups in total. The van der Waals surface area contributed by atoms with E-state index in [0.29, 0.717) is 5.41 Å². The highest BCUT2D eigenvalue weighted by molar-refractivity contribution is 6.01. The van der Waals surface area contributed by atoms with Crippen molar-refractivity contribution in [3.8, 4) is 0 Å². The minimum absolute atomic E-state index is 0.131. The van der Waals surface area contributed by atoms with Crippen molar-refractivity contribution < 1.29 is 0 Å². The summed E-state index contributed by atoms with van der Waals surface area (Å²) in [5, 5.41) is 7.81. The Bertz CT molecular complexity index is 507. The Morgan fingerprint density at radius 2 is 1.90 bits per heavy atom. The SMILES string of the molecule is Cc1ccnc(N2CCC3(CCCC3)CC2)c1C(=N)N. The molecule has 1 saturated heterocycles. The van der Waals surface area contributed by atoms with Crippen molar-refractivity contribution >= 4 is 11.7 Å². The van der Waals surface area contributed by atoms with Crippen LogP contribution in [0.4, 0.5) is 5.82 Å². The van der Waals surface area contributed by atoms with E-state index in [1.807, 2.05) is 19.2 Å². The first-order valence-electron chi connectivity index (χ1n) is 7.66. The molecule has 1 aromatic heterocycles. The third kappa shape index (κ3) is 2.28. The smallest absolute Gasteiger partial charge is 0.139 e. The van der Waals surface area contributed by atoms with Crippen LogP contribution >= 0.6 is 0 Å². The average molecular weight is 272 g/mol. The first-order chi connectivity index (χ1) is 9.61. The summed E-state index contributed by atoms with van der Waals surface area (Å²) in [7, 11) is 0. The highest BCUT2D eigenvalue weighted by Crippen LogP contribution is 2.46. The predicted molar refractivity (Wildman–Crippen MR) is 82.3 cm³/mol. The molecule has 0 aromatic carbocycles. The lowest BCUT2D eigenvalue weighted by Crippen LogP contribution is -2.40. The van der Waals surface area contributed by atoms with Crippen molar-refractivity contribution in [2.24, 2.45) is 11.1 Å². The molecule has 3 rings (SSSR count). The van der Waals surface area contributed by atoms with Gasteiger partial charge in [-0.15, -0.1) is 0 Å². The summed E-state index contributed by atoms with van der Waals surface area (Å²) in [6.45, 7) is 4.11. The van der Waals surface area contributed by atoms with Gasteiger partial charge in [0.1, 0.15) is 11.7 Å². The Balaban J connectivity index is 1.81. The lowest BCUT2D eigenvalue weighted by Gasteiger charge is -2.40. The number of hydrogen-bond donors (Lipinski definition) is 2. The first-order valence-corrected chi connectivity index (χ1v) is 7.66. The van der Waals surface area contributed by atoms with E-state index >= 15 is 0 Å². The molecule has 1 saturated carbocycles. The van der Waals surface area contributed by atoms with Crippen LogP contribution in [0.1, 0.15) is 49.7 Å². The summed E-state index contributed by atoms with van der Waals surface area (Å²) in [6.07, 6.45) is 9.98. The van der Waals surface area contributed by atoms with E-state index in [-0.39, 0.29) is 5.84 Å². The van der Waals surface area contributed by atoms with Crippen LogP contribution in [0.25, 0.3) is 0 Å². The molecule has 0 radical (unpaired) electrons. The van der Waals surface area contributed by atoms with Crippen molar-refractivity contribution in [3.63, 3.8) is 0 Å². The van der Waals surface area contributed by atoms with Crippen LogP contribution in [0.15, 0.2) is 12.3 Å². The van der Waals surface area contributed by atoms with Crippen LogP contribution in [0.3, 0.4) is 0 Å². The van der Waals surface area contributed by atoms with E-state index in [1.54, 1.807) is 0 Å². The topological polar surface area (TPSA) is 66.0 Å². The second kappa shape index (κ2) is 5.08. The van der Waals surface area contributed by atoms with Gasteiger partial charge in [0.2, 0.25) is 0 Å². The summed E-state index contributed by atoms with van der Waals surface area (Å²) < 4.78 is 0. The molecule has 2 aliphatic rings. The van der Waals surface area contributed by atoms with Gasteiger partial charge >= 0.3 is 0 Å². The molecule has 1 aliphatic carbocycles. The minimum atomic E-state index is 0.131. The molecule has 1 aliphatic heterocycles. The number of aryl methyl sites for hydroxylation is 1. The molecule has 4 heteroatoms. The Morgan fingerprint density at radius 1 is 1.25 bits per heavy atom. The normalized spacial score (nSPS) is 21.4. The predicted octanol–water partition coefficient (Wildman–Crippen LogP) is 2.83. The Labute approximate surface area is 120 Å². The summed E-state index contributed by atoms with van der Waals surface area (Å²) in [5.41, 5.74) is 8.22. The summed E-state index contributed by atoms with van der Waals surface area (Å²) in [4.78, 5) is 6.83. The number of nitrogens with zero attached hydrogens (tertiary/aromatic N) is 2. The van der Waals surface area contributed by atoms with Crippen LogP contribution < -0.4 is 10.6 Å². The summed E-state index contributed by atoms with van der Waals surface area (Å²) in [6, 6.07) is 1.93. The van der Waals surface area contributed by atoms with E-state index in [9.17, 15) is 0 Å². The minimum Gasteiger partial charge on any atom is -0.384 e. The number of anilines is 1. The zero-order chi connectivity index (χ0) is 14.2. The Kier molecular flexibility index (Phi) is 3.40. The largest absolute Gasteiger partial charge is 0.384 e. The fraction of sp³-hybridized carbons (Fsp3) is 0.625. The molecule has 20 heavy (non-hydrogen) atoms. The van der Waals surface area contributed by atoms with E-state index in [0.717, 1.165) is 30.0 Å². The van der Waals surface area contributed by atoms with Gasteiger partial charge in [-0.2, -0.15) is 0 Å². The van der Waals surface area contributed by atoms with Gasteiger partial charge in [0.15, 0.2) is 0 Å².